The smallest absolute Gasteiger partial charge is 0.410 e. The highest BCUT2D eigenvalue weighted by Crippen LogP contribution is 2.23. The first-order chi connectivity index (χ1) is 10.9. The fraction of sp³-hybridized carbons (Fsp3) is 0.611. The summed E-state index contributed by atoms with van der Waals surface area (Å²) in [4.78, 5) is 14.1. The molecular formula is C18H27NO4. The molecule has 1 amide bonds. The average molecular weight is 321 g/mol. The summed E-state index contributed by atoms with van der Waals surface area (Å²) in [5.74, 6) is 0. The Balaban J connectivity index is 1.90. The average Bonchev–Trinajstić information content (AvgIpc) is 2.90. The van der Waals surface area contributed by atoms with Gasteiger partial charge in [0.15, 0.2) is 0 Å². The SMILES string of the molecule is COC1CC(COCc2ccccc2)N(C(=O)OC(C)(C)C)C1. The molecule has 1 aromatic carbocycles. The molecule has 0 radical (unpaired) electrons. The maximum Gasteiger partial charge on any atom is 0.410 e. The maximum absolute atomic E-state index is 12.4. The highest BCUT2D eigenvalue weighted by Gasteiger charge is 2.37. The van der Waals surface area contributed by atoms with Crippen LogP contribution in [0.2, 0.25) is 0 Å². The summed E-state index contributed by atoms with van der Waals surface area (Å²) in [6.07, 6.45) is 0.503. The Labute approximate surface area is 138 Å². The summed E-state index contributed by atoms with van der Waals surface area (Å²) in [5.41, 5.74) is 0.620. The van der Waals surface area contributed by atoms with E-state index in [0.717, 1.165) is 12.0 Å². The highest BCUT2D eigenvalue weighted by molar-refractivity contribution is 5.69. The van der Waals surface area contributed by atoms with Crippen LogP contribution >= 0.6 is 0 Å². The predicted molar refractivity (Wildman–Crippen MR) is 88.2 cm³/mol. The molecule has 0 aliphatic carbocycles. The molecular weight excluding hydrogens is 294 g/mol. The Kier molecular flexibility index (Phi) is 6.02. The molecule has 1 fully saturated rings. The Morgan fingerprint density at radius 3 is 2.57 bits per heavy atom. The lowest BCUT2D eigenvalue weighted by atomic mass is 10.2. The molecule has 1 aliphatic heterocycles. The minimum atomic E-state index is -0.502. The van der Waals surface area contributed by atoms with Gasteiger partial charge in [0.05, 0.1) is 31.9 Å². The third-order valence-corrected chi connectivity index (χ3v) is 3.76. The van der Waals surface area contributed by atoms with Crippen molar-refractivity contribution in [2.45, 2.75) is 51.5 Å². The van der Waals surface area contributed by atoms with E-state index in [2.05, 4.69) is 0 Å². The fourth-order valence-corrected chi connectivity index (χ4v) is 2.63. The number of nitrogens with zero attached hydrogens (tertiary/aromatic N) is 1. The van der Waals surface area contributed by atoms with E-state index >= 15 is 0 Å². The van der Waals surface area contributed by atoms with Gasteiger partial charge >= 0.3 is 6.09 Å². The maximum atomic E-state index is 12.4. The fourth-order valence-electron chi connectivity index (χ4n) is 2.63. The van der Waals surface area contributed by atoms with Crippen molar-refractivity contribution in [2.75, 3.05) is 20.3 Å². The van der Waals surface area contributed by atoms with E-state index in [9.17, 15) is 4.79 Å². The highest BCUT2D eigenvalue weighted by atomic mass is 16.6. The number of likely N-dealkylation sites (tertiary alicyclic amines) is 1. The monoisotopic (exact) mass is 321 g/mol. The van der Waals surface area contributed by atoms with E-state index in [1.165, 1.54) is 0 Å². The molecule has 128 valence electrons. The Bertz CT molecular complexity index is 497. The number of benzene rings is 1. The van der Waals surface area contributed by atoms with Gasteiger partial charge in [-0.05, 0) is 32.8 Å². The molecule has 0 aromatic heterocycles. The summed E-state index contributed by atoms with van der Waals surface area (Å²) in [6.45, 7) is 7.18. The van der Waals surface area contributed by atoms with Crippen molar-refractivity contribution in [3.05, 3.63) is 35.9 Å². The Morgan fingerprint density at radius 1 is 1.26 bits per heavy atom. The zero-order chi connectivity index (χ0) is 16.9. The minimum absolute atomic E-state index is 0.0153. The van der Waals surface area contributed by atoms with Crippen LogP contribution in [-0.4, -0.2) is 49.0 Å². The lowest BCUT2D eigenvalue weighted by molar-refractivity contribution is 0.00775. The predicted octanol–water partition coefficient (Wildman–Crippen LogP) is 3.23. The van der Waals surface area contributed by atoms with Crippen molar-refractivity contribution in [1.29, 1.82) is 0 Å². The van der Waals surface area contributed by atoms with Crippen LogP contribution in [0.3, 0.4) is 0 Å². The van der Waals surface area contributed by atoms with Gasteiger partial charge in [-0.15, -0.1) is 0 Å². The van der Waals surface area contributed by atoms with Gasteiger partial charge in [-0.2, -0.15) is 0 Å². The quantitative estimate of drug-likeness (QED) is 0.835. The molecule has 2 rings (SSSR count). The van der Waals surface area contributed by atoms with Crippen molar-refractivity contribution in [3.63, 3.8) is 0 Å². The summed E-state index contributed by atoms with van der Waals surface area (Å²) < 4.78 is 16.7. The molecule has 0 saturated carbocycles. The normalized spacial score (nSPS) is 21.5. The molecule has 23 heavy (non-hydrogen) atoms. The van der Waals surface area contributed by atoms with Crippen LogP contribution in [0.15, 0.2) is 30.3 Å². The van der Waals surface area contributed by atoms with Crippen LogP contribution < -0.4 is 0 Å². The van der Waals surface area contributed by atoms with E-state index in [4.69, 9.17) is 14.2 Å². The van der Waals surface area contributed by atoms with Crippen molar-refractivity contribution < 1.29 is 19.0 Å². The minimum Gasteiger partial charge on any atom is -0.444 e. The first-order valence-electron chi connectivity index (χ1n) is 8.03. The molecule has 1 heterocycles. The summed E-state index contributed by atoms with van der Waals surface area (Å²) in [7, 11) is 1.67. The summed E-state index contributed by atoms with van der Waals surface area (Å²) in [6, 6.07) is 9.99. The summed E-state index contributed by atoms with van der Waals surface area (Å²) >= 11 is 0. The molecule has 1 aliphatic rings. The second-order valence-electron chi connectivity index (χ2n) is 6.88. The molecule has 0 N–H and O–H groups in total. The number of carbonyl (C=O) groups is 1. The first kappa shape index (κ1) is 17.8. The van der Waals surface area contributed by atoms with E-state index in [1.54, 1.807) is 12.0 Å². The number of hydrogen-bond donors (Lipinski definition) is 0. The Morgan fingerprint density at radius 2 is 1.96 bits per heavy atom. The van der Waals surface area contributed by atoms with Crippen LogP contribution in [0, 0.1) is 0 Å². The van der Waals surface area contributed by atoms with Gasteiger partial charge in [0.2, 0.25) is 0 Å². The number of carbonyl (C=O) groups excluding carboxylic acids is 1. The van der Waals surface area contributed by atoms with Gasteiger partial charge in [-0.3, -0.25) is 0 Å². The van der Waals surface area contributed by atoms with Crippen LogP contribution in [0.1, 0.15) is 32.8 Å². The molecule has 1 saturated heterocycles. The number of hydrogen-bond acceptors (Lipinski definition) is 4. The van der Waals surface area contributed by atoms with Gasteiger partial charge in [-0.1, -0.05) is 30.3 Å². The second kappa shape index (κ2) is 7.79. The lowest BCUT2D eigenvalue weighted by Gasteiger charge is -2.28. The zero-order valence-corrected chi connectivity index (χ0v) is 14.5. The second-order valence-corrected chi connectivity index (χ2v) is 6.88. The molecule has 2 unspecified atom stereocenters. The molecule has 5 heteroatoms. The Hall–Kier alpha value is -1.59. The molecule has 2 atom stereocenters. The van der Waals surface area contributed by atoms with E-state index in [1.807, 2.05) is 51.1 Å². The number of ether oxygens (including phenoxy) is 3. The number of methoxy groups -OCH3 is 1. The standard InChI is InChI=1S/C18H27NO4/c1-18(2,3)23-17(20)19-11-16(21-4)10-15(19)13-22-12-14-8-6-5-7-9-14/h5-9,15-16H,10-13H2,1-4H3. The van der Waals surface area contributed by atoms with Crippen LogP contribution in [-0.2, 0) is 20.8 Å². The molecule has 5 nitrogen and oxygen atoms in total. The third kappa shape index (κ3) is 5.52. The number of rotatable bonds is 5. The van der Waals surface area contributed by atoms with Crippen molar-refractivity contribution in [3.8, 4) is 0 Å². The van der Waals surface area contributed by atoms with E-state index in [0.29, 0.717) is 19.8 Å². The largest absolute Gasteiger partial charge is 0.444 e. The van der Waals surface area contributed by atoms with Crippen molar-refractivity contribution in [2.24, 2.45) is 0 Å². The van der Waals surface area contributed by atoms with Gasteiger partial charge in [0, 0.05) is 7.11 Å². The van der Waals surface area contributed by atoms with Crippen LogP contribution in [0.25, 0.3) is 0 Å². The topological polar surface area (TPSA) is 48.0 Å². The van der Waals surface area contributed by atoms with Crippen molar-refractivity contribution >= 4 is 6.09 Å². The van der Waals surface area contributed by atoms with Gasteiger partial charge in [-0.25, -0.2) is 4.79 Å². The summed E-state index contributed by atoms with van der Waals surface area (Å²) in [5, 5.41) is 0. The zero-order valence-electron chi connectivity index (χ0n) is 14.5. The van der Waals surface area contributed by atoms with E-state index < -0.39 is 5.60 Å². The van der Waals surface area contributed by atoms with Gasteiger partial charge < -0.3 is 19.1 Å². The lowest BCUT2D eigenvalue weighted by Crippen LogP contribution is -2.42. The molecule has 0 spiro atoms. The number of amides is 1. The van der Waals surface area contributed by atoms with Crippen molar-refractivity contribution in [1.82, 2.24) is 4.90 Å². The first-order valence-corrected chi connectivity index (χ1v) is 8.03. The van der Waals surface area contributed by atoms with Crippen LogP contribution in [0.5, 0.6) is 0 Å². The van der Waals surface area contributed by atoms with Gasteiger partial charge in [0.1, 0.15) is 5.60 Å². The van der Waals surface area contributed by atoms with Crippen LogP contribution in [0.4, 0.5) is 4.79 Å². The molecule has 1 aromatic rings. The van der Waals surface area contributed by atoms with Gasteiger partial charge in [0.25, 0.3) is 0 Å². The van der Waals surface area contributed by atoms with E-state index in [-0.39, 0.29) is 18.2 Å². The molecule has 0 bridgehead atoms. The third-order valence-electron chi connectivity index (χ3n) is 3.76.